The second-order valence-electron chi connectivity index (χ2n) is 11.8. The van der Waals surface area contributed by atoms with E-state index in [1.54, 1.807) is 6.92 Å². The number of aliphatic hydroxyl groups excluding tert-OH is 3. The first-order chi connectivity index (χ1) is 20.2. The Labute approximate surface area is 273 Å². The van der Waals surface area contributed by atoms with E-state index in [9.17, 15) is 44.7 Å². The van der Waals surface area contributed by atoms with Gasteiger partial charge in [0, 0.05) is 11.5 Å². The first-order valence-corrected chi connectivity index (χ1v) is 14.4. The molecule has 13 nitrogen and oxygen atoms in total. The zero-order valence-electron chi connectivity index (χ0n) is 25.5. The number of hydrogen-bond donors (Lipinski definition) is 8. The normalized spacial score (nSPS) is 27.2. The summed E-state index contributed by atoms with van der Waals surface area (Å²) in [5, 5.41) is 62.6. The molecule has 4 unspecified atom stereocenters. The van der Waals surface area contributed by atoms with E-state index in [1.165, 1.54) is 31.1 Å². The molecule has 1 saturated carbocycles. The van der Waals surface area contributed by atoms with Gasteiger partial charge in [-0.1, -0.05) is 39.2 Å². The summed E-state index contributed by atoms with van der Waals surface area (Å²) in [6.07, 6.45) is 2.46. The molecular formula is C30H42Cl2N4O9. The fourth-order valence-corrected chi connectivity index (χ4v) is 6.79. The molecule has 1 aromatic carbocycles. The highest BCUT2D eigenvalue weighted by Gasteiger charge is 2.68. The third-order valence-corrected chi connectivity index (χ3v) is 8.90. The molecule has 0 bridgehead atoms. The van der Waals surface area contributed by atoms with Crippen molar-refractivity contribution in [1.82, 2.24) is 10.2 Å². The minimum atomic E-state index is -2.99. The summed E-state index contributed by atoms with van der Waals surface area (Å²) in [5.41, 5.74) is 0.976. The number of benzene rings is 1. The second-order valence-corrected chi connectivity index (χ2v) is 11.8. The van der Waals surface area contributed by atoms with Gasteiger partial charge in [-0.15, -0.1) is 24.8 Å². The molecule has 2 amide bonds. The molecule has 3 aliphatic rings. The van der Waals surface area contributed by atoms with Crippen LogP contribution in [0.1, 0.15) is 56.6 Å². The number of ketones is 2. The highest BCUT2D eigenvalue weighted by atomic mass is 35.5. The number of carbonyl (C=O) groups is 4. The average Bonchev–Trinajstić information content (AvgIpc) is 2.93. The molecule has 0 radical (unpaired) electrons. The molecule has 0 aromatic heterocycles. The first kappa shape index (κ1) is 38.0. The van der Waals surface area contributed by atoms with Crippen LogP contribution in [0.25, 0.3) is 5.76 Å². The fraction of sp³-hybridized carbons (Fsp3) is 0.533. The summed E-state index contributed by atoms with van der Waals surface area (Å²) >= 11 is 0. The number of rotatable bonds is 10. The fourth-order valence-electron chi connectivity index (χ4n) is 6.79. The van der Waals surface area contributed by atoms with Crippen molar-refractivity contribution in [3.05, 3.63) is 40.2 Å². The van der Waals surface area contributed by atoms with Gasteiger partial charge in [0.15, 0.2) is 11.4 Å². The monoisotopic (exact) mass is 672 g/mol. The molecular weight excluding hydrogens is 631 g/mol. The zero-order chi connectivity index (χ0) is 32.0. The van der Waals surface area contributed by atoms with E-state index in [4.69, 9.17) is 5.73 Å². The number of nitrogens with one attached hydrogen (secondary N) is 2. The van der Waals surface area contributed by atoms with Crippen LogP contribution in [0.4, 0.5) is 5.69 Å². The van der Waals surface area contributed by atoms with Crippen LogP contribution in [0.3, 0.4) is 0 Å². The number of Topliss-reactive ketones (excluding diaryl/α,β-unsaturated/α-hetero) is 2. The first-order valence-electron chi connectivity index (χ1n) is 14.4. The lowest BCUT2D eigenvalue weighted by molar-refractivity contribution is -0.169. The van der Waals surface area contributed by atoms with Crippen LogP contribution >= 0.6 is 24.8 Å². The van der Waals surface area contributed by atoms with Gasteiger partial charge in [0.1, 0.15) is 22.8 Å². The molecule has 0 aliphatic heterocycles. The maximum Gasteiger partial charge on any atom is 0.255 e. The molecule has 1 aromatic rings. The van der Waals surface area contributed by atoms with Crippen molar-refractivity contribution in [3.63, 3.8) is 0 Å². The molecule has 0 spiro atoms. The van der Waals surface area contributed by atoms with Gasteiger partial charge in [0.25, 0.3) is 5.91 Å². The van der Waals surface area contributed by atoms with Gasteiger partial charge >= 0.3 is 0 Å². The number of unbranched alkanes of at least 4 members (excludes halogenated alkanes) is 3. The SMILES string of the molecule is CCCCCCNCC(=O)Nc1ccc2c(c1O)C(O)=C1C(=O)[C@]3(O)C(O)=C(C(N)=O)C(=O)[C@@H](N(C)C)C3C(O)C1C2C.Cl.Cl. The van der Waals surface area contributed by atoms with E-state index in [0.29, 0.717) is 12.1 Å². The lowest BCUT2D eigenvalue weighted by Gasteiger charge is -2.53. The Balaban J connectivity index is 0.00000353. The Bertz CT molecular complexity index is 1430. The van der Waals surface area contributed by atoms with E-state index in [2.05, 4.69) is 17.6 Å². The smallest absolute Gasteiger partial charge is 0.255 e. The summed E-state index contributed by atoms with van der Waals surface area (Å²) in [4.78, 5) is 53.3. The number of carbonyl (C=O) groups excluding carboxylic acids is 4. The molecule has 4 rings (SSSR count). The minimum Gasteiger partial charge on any atom is -0.508 e. The van der Waals surface area contributed by atoms with E-state index in [-0.39, 0.29) is 42.6 Å². The molecule has 45 heavy (non-hydrogen) atoms. The topological polar surface area (TPSA) is 223 Å². The summed E-state index contributed by atoms with van der Waals surface area (Å²) in [5.74, 6) is -10.2. The van der Waals surface area contributed by atoms with Crippen molar-refractivity contribution in [2.75, 3.05) is 32.5 Å². The maximum atomic E-state index is 14.1. The molecule has 3 aliphatic carbocycles. The zero-order valence-corrected chi connectivity index (χ0v) is 27.1. The number of nitrogens with two attached hydrogens (primary N) is 1. The lowest BCUT2D eigenvalue weighted by Crippen LogP contribution is -2.70. The van der Waals surface area contributed by atoms with Crippen LogP contribution < -0.4 is 16.4 Å². The Hall–Kier alpha value is -3.20. The van der Waals surface area contributed by atoms with Gasteiger partial charge in [-0.3, -0.25) is 24.1 Å². The number of fused-ring (bicyclic) bond motifs is 3. The molecule has 250 valence electrons. The average molecular weight is 674 g/mol. The third-order valence-electron chi connectivity index (χ3n) is 8.90. The number of amides is 2. The molecule has 6 atom stereocenters. The molecule has 0 heterocycles. The number of aromatic hydroxyl groups is 1. The second kappa shape index (κ2) is 14.5. The maximum absolute atomic E-state index is 14.1. The summed E-state index contributed by atoms with van der Waals surface area (Å²) in [7, 11) is 2.89. The van der Waals surface area contributed by atoms with Crippen LogP contribution in [-0.4, -0.2) is 98.7 Å². The Kier molecular flexibility index (Phi) is 12.2. The highest BCUT2D eigenvalue weighted by Crippen LogP contribution is 2.56. The van der Waals surface area contributed by atoms with Crippen LogP contribution in [0.15, 0.2) is 29.0 Å². The number of aliphatic hydroxyl groups is 4. The summed E-state index contributed by atoms with van der Waals surface area (Å²) in [6, 6.07) is 1.55. The Morgan fingerprint density at radius 2 is 1.71 bits per heavy atom. The third kappa shape index (κ3) is 6.17. The quantitative estimate of drug-likeness (QED) is 0.101. The van der Waals surface area contributed by atoms with Crippen LogP contribution in [0.2, 0.25) is 0 Å². The number of primary amides is 1. The predicted molar refractivity (Wildman–Crippen MR) is 170 cm³/mol. The van der Waals surface area contributed by atoms with Crippen LogP contribution in [0, 0.1) is 11.8 Å². The number of nitrogens with zero attached hydrogens (tertiary/aromatic N) is 1. The van der Waals surface area contributed by atoms with E-state index in [1.807, 2.05) is 0 Å². The molecule has 1 fully saturated rings. The van der Waals surface area contributed by atoms with Crippen LogP contribution in [0.5, 0.6) is 5.75 Å². The van der Waals surface area contributed by atoms with Gasteiger partial charge in [0.05, 0.1) is 35.9 Å². The van der Waals surface area contributed by atoms with Gasteiger partial charge in [-0.25, -0.2) is 0 Å². The Morgan fingerprint density at radius 1 is 1.07 bits per heavy atom. The van der Waals surface area contributed by atoms with Crippen molar-refractivity contribution in [3.8, 4) is 5.75 Å². The number of likely N-dealkylation sites (N-methyl/N-ethyl adjacent to an activating group) is 1. The lowest BCUT2D eigenvalue weighted by atomic mass is 9.54. The van der Waals surface area contributed by atoms with Crippen molar-refractivity contribution in [1.29, 1.82) is 0 Å². The predicted octanol–water partition coefficient (Wildman–Crippen LogP) is 1.45. The minimum absolute atomic E-state index is 0. The van der Waals surface area contributed by atoms with E-state index >= 15 is 0 Å². The van der Waals surface area contributed by atoms with Crippen molar-refractivity contribution in [2.24, 2.45) is 17.6 Å². The van der Waals surface area contributed by atoms with Gasteiger partial charge in [-0.05, 0) is 44.6 Å². The number of halogens is 2. The summed E-state index contributed by atoms with van der Waals surface area (Å²) in [6.45, 7) is 4.36. The molecule has 0 saturated heterocycles. The standard InChI is InChI=1S/C30H40N4O9.2ClH/c1-5-6-7-8-11-32-12-16(35)33-15-10-9-14-13(2)17-19(24(37)18(14)23(15)36)27(40)30(43)21(25(17)38)22(34(3)4)26(39)20(28(30)41)29(31)42;;/h9-10,13,17,21-22,25,32,36-38,41,43H,5-8,11-12H2,1-4H3,(H2,31,42)(H,33,35);2*1H/t13?,17?,21?,22-,25?,30-;;/m0../s1. The van der Waals surface area contributed by atoms with E-state index in [0.717, 1.165) is 25.7 Å². The van der Waals surface area contributed by atoms with Gasteiger partial charge in [-0.2, -0.15) is 0 Å². The number of hydrogen-bond acceptors (Lipinski definition) is 11. The van der Waals surface area contributed by atoms with Crippen LogP contribution in [-0.2, 0) is 19.2 Å². The van der Waals surface area contributed by atoms with E-state index < -0.39 is 87.3 Å². The largest absolute Gasteiger partial charge is 0.508 e. The summed E-state index contributed by atoms with van der Waals surface area (Å²) < 4.78 is 0. The van der Waals surface area contributed by atoms with Crippen molar-refractivity contribution < 1.29 is 44.7 Å². The molecule has 15 heteroatoms. The number of phenols is 1. The number of phenolic OH excluding ortho intramolecular Hbond substituents is 1. The van der Waals surface area contributed by atoms with Crippen molar-refractivity contribution in [2.45, 2.75) is 63.2 Å². The van der Waals surface area contributed by atoms with Crippen molar-refractivity contribution >= 4 is 59.6 Å². The Morgan fingerprint density at radius 3 is 2.29 bits per heavy atom. The highest BCUT2D eigenvalue weighted by molar-refractivity contribution is 6.24. The number of anilines is 1. The van der Waals surface area contributed by atoms with Gasteiger partial charge < -0.3 is 41.9 Å². The van der Waals surface area contributed by atoms with Gasteiger partial charge in [0.2, 0.25) is 11.7 Å². The molecule has 9 N–H and O–H groups in total.